The van der Waals surface area contributed by atoms with Crippen LogP contribution in [0.3, 0.4) is 0 Å². The maximum atomic E-state index is 10.5. The third-order valence-electron chi connectivity index (χ3n) is 2.43. The molecule has 0 N–H and O–H groups in total. The highest BCUT2D eigenvalue weighted by Crippen LogP contribution is 1.83. The van der Waals surface area contributed by atoms with Gasteiger partial charge in [0.15, 0.2) is 0 Å². The number of carbonyl (C=O) groups is 2. The van der Waals surface area contributed by atoms with E-state index < -0.39 is 11.9 Å². The molecule has 0 saturated carbocycles. The van der Waals surface area contributed by atoms with Crippen LogP contribution in [0.25, 0.3) is 0 Å². The molecule has 0 saturated heterocycles. The van der Waals surface area contributed by atoms with E-state index in [9.17, 15) is 9.59 Å². The molecular formula is C18H32O8. The van der Waals surface area contributed by atoms with Crippen molar-refractivity contribution >= 4 is 11.9 Å². The van der Waals surface area contributed by atoms with Gasteiger partial charge in [0.25, 0.3) is 0 Å². The van der Waals surface area contributed by atoms with Crippen LogP contribution in [0.4, 0.5) is 0 Å². The van der Waals surface area contributed by atoms with E-state index in [4.69, 9.17) is 18.9 Å². The van der Waals surface area contributed by atoms with Crippen molar-refractivity contribution < 1.29 is 38.0 Å². The van der Waals surface area contributed by atoms with Gasteiger partial charge in [-0.15, -0.1) is 0 Å². The molecule has 0 amide bonds. The van der Waals surface area contributed by atoms with Gasteiger partial charge >= 0.3 is 11.9 Å². The Labute approximate surface area is 156 Å². The number of rotatable bonds is 16. The molecule has 8 nitrogen and oxygen atoms in total. The van der Waals surface area contributed by atoms with Gasteiger partial charge in [-0.1, -0.05) is 13.2 Å². The fourth-order valence-corrected chi connectivity index (χ4v) is 1.25. The van der Waals surface area contributed by atoms with Gasteiger partial charge in [0.2, 0.25) is 0 Å². The Kier molecular flexibility index (Phi) is 23.7. The Hall–Kier alpha value is -1.74. The van der Waals surface area contributed by atoms with Gasteiger partial charge in [-0.2, -0.15) is 0 Å². The minimum Gasteiger partial charge on any atom is -0.460 e. The summed E-state index contributed by atoms with van der Waals surface area (Å²) >= 11 is 0. The Morgan fingerprint density at radius 1 is 0.615 bits per heavy atom. The van der Waals surface area contributed by atoms with Crippen LogP contribution in [0.5, 0.6) is 0 Å². The molecule has 0 aromatic rings. The second-order valence-corrected chi connectivity index (χ2v) is 4.36. The van der Waals surface area contributed by atoms with Crippen LogP contribution in [0.15, 0.2) is 25.3 Å². The molecule has 152 valence electrons. The summed E-state index contributed by atoms with van der Waals surface area (Å²) in [6, 6.07) is 0. The third kappa shape index (κ3) is 24.5. The number of ether oxygens (including phenoxy) is 6. The number of esters is 2. The highest BCUT2D eigenvalue weighted by Gasteiger charge is 1.95. The zero-order valence-electron chi connectivity index (χ0n) is 15.9. The summed E-state index contributed by atoms with van der Waals surface area (Å²) in [6.07, 6.45) is 2.25. The van der Waals surface area contributed by atoms with Crippen LogP contribution in [0.1, 0.15) is 13.8 Å². The average molecular weight is 376 g/mol. The van der Waals surface area contributed by atoms with Crippen molar-refractivity contribution in [3.05, 3.63) is 25.3 Å². The maximum Gasteiger partial charge on any atom is 0.330 e. The molecule has 0 aliphatic heterocycles. The van der Waals surface area contributed by atoms with Gasteiger partial charge in [-0.05, 0) is 13.8 Å². The molecule has 0 spiro atoms. The molecule has 0 fully saturated rings. The summed E-state index contributed by atoms with van der Waals surface area (Å²) in [7, 11) is 0. The first-order chi connectivity index (χ1) is 12.6. The van der Waals surface area contributed by atoms with E-state index >= 15 is 0 Å². The lowest BCUT2D eigenvalue weighted by Crippen LogP contribution is -2.11. The summed E-state index contributed by atoms with van der Waals surface area (Å²) < 4.78 is 29.6. The summed E-state index contributed by atoms with van der Waals surface area (Å²) in [6.45, 7) is 15.3. The maximum absolute atomic E-state index is 10.5. The molecule has 0 aliphatic rings. The zero-order valence-corrected chi connectivity index (χ0v) is 15.9. The zero-order chi connectivity index (χ0) is 19.9. The van der Waals surface area contributed by atoms with Gasteiger partial charge < -0.3 is 28.4 Å². The van der Waals surface area contributed by atoms with Crippen molar-refractivity contribution in [2.45, 2.75) is 13.8 Å². The van der Waals surface area contributed by atoms with Crippen molar-refractivity contribution in [2.24, 2.45) is 0 Å². The molecule has 0 aromatic carbocycles. The van der Waals surface area contributed by atoms with Crippen LogP contribution in [0.2, 0.25) is 0 Å². The molecule has 0 aliphatic carbocycles. The molecule has 0 unspecified atom stereocenters. The third-order valence-corrected chi connectivity index (χ3v) is 2.43. The summed E-state index contributed by atoms with van der Waals surface area (Å²) in [5, 5.41) is 0. The fourth-order valence-electron chi connectivity index (χ4n) is 1.25. The number of hydrogen-bond donors (Lipinski definition) is 0. The van der Waals surface area contributed by atoms with Crippen LogP contribution in [-0.4, -0.2) is 78.0 Å². The van der Waals surface area contributed by atoms with E-state index in [0.717, 1.165) is 12.2 Å². The number of carbonyl (C=O) groups excluding carboxylic acids is 2. The van der Waals surface area contributed by atoms with E-state index in [0.29, 0.717) is 52.9 Å². The van der Waals surface area contributed by atoms with Crippen LogP contribution < -0.4 is 0 Å². The van der Waals surface area contributed by atoms with E-state index in [2.05, 4.69) is 22.6 Å². The highest BCUT2D eigenvalue weighted by atomic mass is 16.6. The quantitative estimate of drug-likeness (QED) is 0.228. The average Bonchev–Trinajstić information content (AvgIpc) is 2.66. The van der Waals surface area contributed by atoms with Crippen molar-refractivity contribution in [1.29, 1.82) is 0 Å². The van der Waals surface area contributed by atoms with Crippen molar-refractivity contribution in [3.63, 3.8) is 0 Å². The molecular weight excluding hydrogens is 344 g/mol. The Morgan fingerprint density at radius 3 is 1.23 bits per heavy atom. The topological polar surface area (TPSA) is 89.5 Å². The molecule has 0 rings (SSSR count). The van der Waals surface area contributed by atoms with Crippen molar-refractivity contribution in [2.75, 3.05) is 66.1 Å². The van der Waals surface area contributed by atoms with E-state index in [1.165, 1.54) is 0 Å². The van der Waals surface area contributed by atoms with E-state index in [1.807, 2.05) is 13.8 Å². The standard InChI is InChI=1S/2C9H16O4/c2*1-3-9(10)13-8-7-12-6-5-11-4-2/h2*3H,1,4-8H2,2H3. The minimum absolute atomic E-state index is 0.261. The van der Waals surface area contributed by atoms with Crippen LogP contribution >= 0.6 is 0 Å². The van der Waals surface area contributed by atoms with Crippen molar-refractivity contribution in [3.8, 4) is 0 Å². The predicted octanol–water partition coefficient (Wildman–Crippen LogP) is 1.54. The molecule has 8 heteroatoms. The van der Waals surface area contributed by atoms with Gasteiger partial charge in [0, 0.05) is 25.4 Å². The van der Waals surface area contributed by atoms with Crippen molar-refractivity contribution in [1.82, 2.24) is 0 Å². The fraction of sp³-hybridized carbons (Fsp3) is 0.667. The molecule has 0 atom stereocenters. The van der Waals surface area contributed by atoms with Crippen LogP contribution in [0, 0.1) is 0 Å². The van der Waals surface area contributed by atoms with Gasteiger partial charge in [-0.25, -0.2) is 9.59 Å². The Balaban J connectivity index is 0. The van der Waals surface area contributed by atoms with Gasteiger partial charge in [0.05, 0.1) is 39.6 Å². The highest BCUT2D eigenvalue weighted by molar-refractivity contribution is 5.81. The largest absolute Gasteiger partial charge is 0.460 e. The predicted molar refractivity (Wildman–Crippen MR) is 96.9 cm³/mol. The smallest absolute Gasteiger partial charge is 0.330 e. The second-order valence-electron chi connectivity index (χ2n) is 4.36. The lowest BCUT2D eigenvalue weighted by molar-refractivity contribution is -0.140. The minimum atomic E-state index is -0.423. The number of hydrogen-bond acceptors (Lipinski definition) is 8. The molecule has 0 aromatic heterocycles. The first-order valence-electron chi connectivity index (χ1n) is 8.51. The first-order valence-corrected chi connectivity index (χ1v) is 8.51. The van der Waals surface area contributed by atoms with Crippen LogP contribution in [-0.2, 0) is 38.0 Å². The summed E-state index contributed by atoms with van der Waals surface area (Å²) in [5.74, 6) is -0.846. The van der Waals surface area contributed by atoms with Gasteiger partial charge in [-0.3, -0.25) is 0 Å². The normalized spacial score (nSPS) is 9.62. The Morgan fingerprint density at radius 2 is 0.923 bits per heavy atom. The lowest BCUT2D eigenvalue weighted by atomic mass is 10.6. The lowest BCUT2D eigenvalue weighted by Gasteiger charge is -2.04. The van der Waals surface area contributed by atoms with E-state index in [-0.39, 0.29) is 13.2 Å². The second kappa shape index (κ2) is 23.3. The summed E-state index contributed by atoms with van der Waals surface area (Å²) in [5.41, 5.74) is 0. The first kappa shape index (κ1) is 26.5. The van der Waals surface area contributed by atoms with E-state index in [1.54, 1.807) is 0 Å². The van der Waals surface area contributed by atoms with Gasteiger partial charge in [0.1, 0.15) is 13.2 Å². The SMILES string of the molecule is C=CC(=O)OCCOCCOCC.C=CC(=O)OCCOCCOCC. The molecule has 0 radical (unpaired) electrons. The molecule has 0 heterocycles. The Bertz CT molecular complexity index is 323. The summed E-state index contributed by atoms with van der Waals surface area (Å²) in [4.78, 5) is 21.1. The molecule has 0 bridgehead atoms. The monoisotopic (exact) mass is 376 g/mol. The molecule has 26 heavy (non-hydrogen) atoms.